The summed E-state index contributed by atoms with van der Waals surface area (Å²) in [4.78, 5) is 0. The zero-order valence-electron chi connectivity index (χ0n) is 6.43. The number of hydrogen-bond acceptors (Lipinski definition) is 1. The van der Waals surface area contributed by atoms with E-state index in [-0.39, 0.29) is 0 Å². The van der Waals surface area contributed by atoms with Gasteiger partial charge in [-0.15, -0.1) is 0 Å². The summed E-state index contributed by atoms with van der Waals surface area (Å²) in [5.41, 5.74) is 1.14. The van der Waals surface area contributed by atoms with Gasteiger partial charge in [0.1, 0.15) is 0 Å². The van der Waals surface area contributed by atoms with E-state index >= 15 is 0 Å². The number of hydrogen-bond donors (Lipinski definition) is 1. The summed E-state index contributed by atoms with van der Waals surface area (Å²) in [6.07, 6.45) is 8.22. The highest BCUT2D eigenvalue weighted by atomic mass is 16.3. The SMILES string of the molecule is CCCCC1=C(O)CC=C1. The lowest BCUT2D eigenvalue weighted by Gasteiger charge is -1.98. The van der Waals surface area contributed by atoms with Gasteiger partial charge in [-0.3, -0.25) is 0 Å². The van der Waals surface area contributed by atoms with E-state index < -0.39 is 0 Å². The molecule has 1 aliphatic rings. The molecule has 0 atom stereocenters. The fraction of sp³-hybridized carbons (Fsp3) is 0.556. The molecule has 0 amide bonds. The van der Waals surface area contributed by atoms with Crippen molar-refractivity contribution in [3.05, 3.63) is 23.5 Å². The van der Waals surface area contributed by atoms with Gasteiger partial charge in [-0.05, 0) is 18.4 Å². The van der Waals surface area contributed by atoms with E-state index in [2.05, 4.69) is 6.92 Å². The minimum atomic E-state index is 0.577. The van der Waals surface area contributed by atoms with Crippen LogP contribution in [0.1, 0.15) is 32.6 Å². The molecule has 0 aromatic rings. The molecule has 0 saturated carbocycles. The Bertz CT molecular complexity index is 166. The zero-order chi connectivity index (χ0) is 7.40. The fourth-order valence-electron chi connectivity index (χ4n) is 1.13. The van der Waals surface area contributed by atoms with Crippen LogP contribution < -0.4 is 0 Å². The molecule has 0 unspecified atom stereocenters. The fourth-order valence-corrected chi connectivity index (χ4v) is 1.13. The second kappa shape index (κ2) is 3.45. The van der Waals surface area contributed by atoms with Crippen molar-refractivity contribution < 1.29 is 5.11 Å². The van der Waals surface area contributed by atoms with Crippen LogP contribution in [0.4, 0.5) is 0 Å². The van der Waals surface area contributed by atoms with E-state index in [9.17, 15) is 5.11 Å². The first kappa shape index (κ1) is 7.39. The first-order valence-electron chi connectivity index (χ1n) is 3.92. The van der Waals surface area contributed by atoms with Crippen LogP contribution in [0.15, 0.2) is 23.5 Å². The smallest absolute Gasteiger partial charge is 0.0992 e. The van der Waals surface area contributed by atoms with E-state index in [0.717, 1.165) is 18.4 Å². The predicted molar refractivity (Wildman–Crippen MR) is 42.9 cm³/mol. The molecular weight excluding hydrogens is 124 g/mol. The predicted octanol–water partition coefficient (Wildman–Crippen LogP) is 2.95. The number of rotatable bonds is 3. The third-order valence-corrected chi connectivity index (χ3v) is 1.80. The van der Waals surface area contributed by atoms with E-state index in [1.165, 1.54) is 12.8 Å². The van der Waals surface area contributed by atoms with Gasteiger partial charge in [0.2, 0.25) is 0 Å². The topological polar surface area (TPSA) is 20.2 Å². The largest absolute Gasteiger partial charge is 0.512 e. The molecular formula is C9H14O. The van der Waals surface area contributed by atoms with Crippen LogP contribution in [0, 0.1) is 0 Å². The van der Waals surface area contributed by atoms with Gasteiger partial charge in [0.25, 0.3) is 0 Å². The molecule has 1 aliphatic carbocycles. The van der Waals surface area contributed by atoms with Gasteiger partial charge in [0, 0.05) is 6.42 Å². The molecule has 10 heavy (non-hydrogen) atoms. The third-order valence-electron chi connectivity index (χ3n) is 1.80. The van der Waals surface area contributed by atoms with Crippen molar-refractivity contribution in [3.63, 3.8) is 0 Å². The molecule has 1 rings (SSSR count). The van der Waals surface area contributed by atoms with Crippen molar-refractivity contribution in [1.29, 1.82) is 0 Å². The Kier molecular flexibility index (Phi) is 2.55. The van der Waals surface area contributed by atoms with Crippen LogP contribution >= 0.6 is 0 Å². The molecule has 0 radical (unpaired) electrons. The van der Waals surface area contributed by atoms with Crippen molar-refractivity contribution in [2.45, 2.75) is 32.6 Å². The van der Waals surface area contributed by atoms with Crippen molar-refractivity contribution in [2.75, 3.05) is 0 Å². The molecule has 0 fully saturated rings. The average Bonchev–Trinajstić information content (AvgIpc) is 2.31. The van der Waals surface area contributed by atoms with Crippen molar-refractivity contribution in [2.24, 2.45) is 0 Å². The van der Waals surface area contributed by atoms with Crippen LogP contribution in [0.3, 0.4) is 0 Å². The van der Waals surface area contributed by atoms with Gasteiger partial charge in [0.05, 0.1) is 5.76 Å². The average molecular weight is 138 g/mol. The van der Waals surface area contributed by atoms with E-state index in [1.807, 2.05) is 12.2 Å². The van der Waals surface area contributed by atoms with Crippen LogP contribution in [-0.2, 0) is 0 Å². The lowest BCUT2D eigenvalue weighted by Crippen LogP contribution is -1.82. The summed E-state index contributed by atoms with van der Waals surface area (Å²) in [6.45, 7) is 2.16. The minimum Gasteiger partial charge on any atom is -0.512 e. The molecule has 0 aromatic heterocycles. The Morgan fingerprint density at radius 3 is 2.90 bits per heavy atom. The maximum atomic E-state index is 9.23. The quantitative estimate of drug-likeness (QED) is 0.635. The zero-order valence-corrected chi connectivity index (χ0v) is 6.43. The second-order valence-corrected chi connectivity index (χ2v) is 2.68. The summed E-state index contributed by atoms with van der Waals surface area (Å²) < 4.78 is 0. The Morgan fingerprint density at radius 2 is 2.40 bits per heavy atom. The normalized spacial score (nSPS) is 16.9. The molecule has 0 bridgehead atoms. The van der Waals surface area contributed by atoms with Crippen molar-refractivity contribution in [3.8, 4) is 0 Å². The van der Waals surface area contributed by atoms with Gasteiger partial charge in [-0.25, -0.2) is 0 Å². The highest BCUT2D eigenvalue weighted by Gasteiger charge is 2.05. The number of allylic oxidation sites excluding steroid dienone is 3. The third kappa shape index (κ3) is 1.63. The van der Waals surface area contributed by atoms with Crippen LogP contribution in [0.2, 0.25) is 0 Å². The van der Waals surface area contributed by atoms with Crippen LogP contribution in [0.25, 0.3) is 0 Å². The monoisotopic (exact) mass is 138 g/mol. The summed E-state index contributed by atoms with van der Waals surface area (Å²) in [7, 11) is 0. The summed E-state index contributed by atoms with van der Waals surface area (Å²) in [5, 5.41) is 9.23. The molecule has 56 valence electrons. The molecule has 0 spiro atoms. The molecule has 1 heteroatoms. The maximum absolute atomic E-state index is 9.23. The van der Waals surface area contributed by atoms with Crippen LogP contribution in [-0.4, -0.2) is 5.11 Å². The standard InChI is InChI=1S/C9H14O/c1-2-3-5-8-6-4-7-9(8)10/h4,6,10H,2-3,5,7H2,1H3. The number of aliphatic hydroxyl groups excluding tert-OH is 1. The second-order valence-electron chi connectivity index (χ2n) is 2.68. The number of aliphatic hydroxyl groups is 1. The molecule has 0 aliphatic heterocycles. The maximum Gasteiger partial charge on any atom is 0.0992 e. The Morgan fingerprint density at radius 1 is 1.60 bits per heavy atom. The summed E-state index contributed by atoms with van der Waals surface area (Å²) in [6, 6.07) is 0. The first-order chi connectivity index (χ1) is 4.84. The van der Waals surface area contributed by atoms with Gasteiger partial charge >= 0.3 is 0 Å². The number of unbranched alkanes of at least 4 members (excludes halogenated alkanes) is 1. The lowest BCUT2D eigenvalue weighted by atomic mass is 10.1. The molecule has 0 heterocycles. The molecule has 0 saturated heterocycles. The van der Waals surface area contributed by atoms with Gasteiger partial charge in [-0.2, -0.15) is 0 Å². The molecule has 1 nitrogen and oxygen atoms in total. The van der Waals surface area contributed by atoms with Gasteiger partial charge < -0.3 is 5.11 Å². The van der Waals surface area contributed by atoms with E-state index in [4.69, 9.17) is 0 Å². The molecule has 1 N–H and O–H groups in total. The molecule has 0 aromatic carbocycles. The van der Waals surface area contributed by atoms with Gasteiger partial charge in [-0.1, -0.05) is 25.5 Å². The lowest BCUT2D eigenvalue weighted by molar-refractivity contribution is 0.397. The van der Waals surface area contributed by atoms with E-state index in [0.29, 0.717) is 5.76 Å². The van der Waals surface area contributed by atoms with Crippen molar-refractivity contribution in [1.82, 2.24) is 0 Å². The van der Waals surface area contributed by atoms with Crippen LogP contribution in [0.5, 0.6) is 0 Å². The summed E-state index contributed by atoms with van der Waals surface area (Å²) in [5.74, 6) is 0.577. The Labute approximate surface area is 62.1 Å². The van der Waals surface area contributed by atoms with E-state index in [1.54, 1.807) is 0 Å². The van der Waals surface area contributed by atoms with Crippen molar-refractivity contribution >= 4 is 0 Å². The first-order valence-corrected chi connectivity index (χ1v) is 3.92. The Hall–Kier alpha value is -0.720. The Balaban J connectivity index is 2.38. The highest BCUT2D eigenvalue weighted by Crippen LogP contribution is 2.20. The van der Waals surface area contributed by atoms with Gasteiger partial charge in [0.15, 0.2) is 0 Å². The summed E-state index contributed by atoms with van der Waals surface area (Å²) >= 11 is 0. The highest BCUT2D eigenvalue weighted by molar-refractivity contribution is 5.29. The minimum absolute atomic E-state index is 0.577.